The summed E-state index contributed by atoms with van der Waals surface area (Å²) in [6.45, 7) is 0.245. The molecule has 0 saturated heterocycles. The molecule has 0 unspecified atom stereocenters. The first-order valence-corrected chi connectivity index (χ1v) is 11.5. The van der Waals surface area contributed by atoms with Gasteiger partial charge in [0.25, 0.3) is 5.56 Å². The van der Waals surface area contributed by atoms with Crippen LogP contribution in [0, 0.1) is 0 Å². The number of benzene rings is 2. The molecular weight excluding hydrogens is 438 g/mol. The van der Waals surface area contributed by atoms with E-state index in [0.717, 1.165) is 45.6 Å². The Hall–Kier alpha value is -3.65. The molecule has 1 aliphatic rings. The van der Waals surface area contributed by atoms with Gasteiger partial charge in [0.15, 0.2) is 6.39 Å². The van der Waals surface area contributed by atoms with E-state index in [-0.39, 0.29) is 12.1 Å². The maximum Gasteiger partial charge on any atom is 0.263 e. The van der Waals surface area contributed by atoms with E-state index in [1.54, 1.807) is 25.0 Å². The molecule has 2 aromatic carbocycles. The molecule has 8 heteroatoms. The predicted molar refractivity (Wildman–Crippen MR) is 128 cm³/mol. The molecule has 3 heterocycles. The standard InChI is InChI=1S/C25H21N3O4S/c1-30-15-8-9-17(19(10-15)14-6-7-14)23-27-24-21(18-4-3-5-20(31-2)22(18)33-24)25(29)28(23)12-16-11-26-13-32-16/h3-5,8-11,13-14H,6-7,12H2,1-2H3. The highest BCUT2D eigenvalue weighted by Crippen LogP contribution is 2.46. The van der Waals surface area contributed by atoms with Crippen molar-refractivity contribution in [3.05, 3.63) is 70.7 Å². The summed E-state index contributed by atoms with van der Waals surface area (Å²) in [6, 6.07) is 11.7. The van der Waals surface area contributed by atoms with Gasteiger partial charge in [0.1, 0.15) is 27.9 Å². The third kappa shape index (κ3) is 3.29. The van der Waals surface area contributed by atoms with Crippen molar-refractivity contribution in [1.82, 2.24) is 14.5 Å². The van der Waals surface area contributed by atoms with E-state index >= 15 is 0 Å². The Morgan fingerprint density at radius 2 is 2.06 bits per heavy atom. The van der Waals surface area contributed by atoms with Crippen molar-refractivity contribution in [2.24, 2.45) is 0 Å². The molecule has 1 saturated carbocycles. The van der Waals surface area contributed by atoms with E-state index in [2.05, 4.69) is 11.1 Å². The third-order valence-corrected chi connectivity index (χ3v) is 7.23. The Labute approximate surface area is 193 Å². The second-order valence-corrected chi connectivity index (χ2v) is 9.14. The maximum absolute atomic E-state index is 13.9. The van der Waals surface area contributed by atoms with Gasteiger partial charge in [-0.3, -0.25) is 9.36 Å². The minimum absolute atomic E-state index is 0.108. The molecule has 7 nitrogen and oxygen atoms in total. The van der Waals surface area contributed by atoms with E-state index in [1.165, 1.54) is 17.7 Å². The average molecular weight is 460 g/mol. The average Bonchev–Trinajstić information content (AvgIpc) is 3.42. The van der Waals surface area contributed by atoms with Gasteiger partial charge in [-0.15, -0.1) is 11.3 Å². The molecule has 33 heavy (non-hydrogen) atoms. The van der Waals surface area contributed by atoms with Crippen LogP contribution in [0.2, 0.25) is 0 Å². The van der Waals surface area contributed by atoms with Crippen LogP contribution in [0.25, 0.3) is 31.7 Å². The summed E-state index contributed by atoms with van der Waals surface area (Å²) in [7, 11) is 3.31. The fourth-order valence-electron chi connectivity index (χ4n) is 4.35. The van der Waals surface area contributed by atoms with Crippen molar-refractivity contribution < 1.29 is 13.9 Å². The SMILES string of the molecule is COc1ccc(-c2nc3sc4c(OC)cccc4c3c(=O)n2Cc2cnco2)c(C2CC2)c1. The third-order valence-electron chi connectivity index (χ3n) is 6.12. The molecule has 0 aliphatic heterocycles. The lowest BCUT2D eigenvalue weighted by Crippen LogP contribution is -2.24. The summed E-state index contributed by atoms with van der Waals surface area (Å²) in [5.41, 5.74) is 2.00. The molecule has 0 bridgehead atoms. The fourth-order valence-corrected chi connectivity index (χ4v) is 5.50. The van der Waals surface area contributed by atoms with Crippen molar-refractivity contribution in [3.8, 4) is 22.9 Å². The van der Waals surface area contributed by atoms with Crippen molar-refractivity contribution in [1.29, 1.82) is 0 Å². The second kappa shape index (κ2) is 7.74. The largest absolute Gasteiger partial charge is 0.497 e. The first-order chi connectivity index (χ1) is 16.2. The van der Waals surface area contributed by atoms with Gasteiger partial charge in [-0.25, -0.2) is 9.97 Å². The summed E-state index contributed by atoms with van der Waals surface area (Å²) in [4.78, 5) is 23.7. The summed E-state index contributed by atoms with van der Waals surface area (Å²) in [5.74, 6) is 3.21. The lowest BCUT2D eigenvalue weighted by molar-refractivity contribution is 0.414. The first-order valence-electron chi connectivity index (χ1n) is 10.7. The lowest BCUT2D eigenvalue weighted by Gasteiger charge is -2.15. The van der Waals surface area contributed by atoms with Crippen LogP contribution in [-0.2, 0) is 6.54 Å². The van der Waals surface area contributed by atoms with E-state index < -0.39 is 0 Å². The van der Waals surface area contributed by atoms with Crippen LogP contribution in [0.5, 0.6) is 11.5 Å². The van der Waals surface area contributed by atoms with E-state index in [0.29, 0.717) is 27.7 Å². The van der Waals surface area contributed by atoms with E-state index in [9.17, 15) is 4.79 Å². The highest BCUT2D eigenvalue weighted by atomic mass is 32.1. The zero-order valence-electron chi connectivity index (χ0n) is 18.2. The van der Waals surface area contributed by atoms with Crippen LogP contribution in [0.4, 0.5) is 0 Å². The molecule has 6 rings (SSSR count). The molecule has 0 radical (unpaired) electrons. The number of aromatic nitrogens is 3. The fraction of sp³-hybridized carbons (Fsp3) is 0.240. The zero-order chi connectivity index (χ0) is 22.5. The first kappa shape index (κ1) is 20.0. The molecule has 3 aromatic heterocycles. The highest BCUT2D eigenvalue weighted by molar-refractivity contribution is 7.25. The van der Waals surface area contributed by atoms with Crippen LogP contribution in [0.3, 0.4) is 0 Å². The van der Waals surface area contributed by atoms with Gasteiger partial charge in [-0.05, 0) is 48.6 Å². The number of ether oxygens (including phenoxy) is 2. The number of thiophene rings is 1. The van der Waals surface area contributed by atoms with Crippen molar-refractivity contribution in [2.75, 3.05) is 14.2 Å². The van der Waals surface area contributed by atoms with Gasteiger partial charge in [0.2, 0.25) is 0 Å². The molecule has 0 amide bonds. The molecule has 0 N–H and O–H groups in total. The number of hydrogen-bond acceptors (Lipinski definition) is 7. The van der Waals surface area contributed by atoms with E-state index in [1.807, 2.05) is 30.3 Å². The van der Waals surface area contributed by atoms with Crippen LogP contribution in [0.1, 0.15) is 30.1 Å². The minimum atomic E-state index is -0.108. The molecule has 0 spiro atoms. The van der Waals surface area contributed by atoms with Gasteiger partial charge in [-0.1, -0.05) is 12.1 Å². The van der Waals surface area contributed by atoms with Gasteiger partial charge < -0.3 is 13.9 Å². The molecular formula is C25H21N3O4S. The molecule has 166 valence electrons. The smallest absolute Gasteiger partial charge is 0.263 e. The van der Waals surface area contributed by atoms with Gasteiger partial charge in [-0.2, -0.15) is 0 Å². The Morgan fingerprint density at radius 1 is 1.18 bits per heavy atom. The zero-order valence-corrected chi connectivity index (χ0v) is 19.0. The quantitative estimate of drug-likeness (QED) is 0.347. The van der Waals surface area contributed by atoms with E-state index in [4.69, 9.17) is 18.9 Å². The number of fused-ring (bicyclic) bond motifs is 3. The maximum atomic E-state index is 13.9. The number of oxazole rings is 1. The van der Waals surface area contributed by atoms with Gasteiger partial charge >= 0.3 is 0 Å². The van der Waals surface area contributed by atoms with Crippen LogP contribution in [0.15, 0.2) is 58.2 Å². The van der Waals surface area contributed by atoms with Crippen LogP contribution >= 0.6 is 11.3 Å². The van der Waals surface area contributed by atoms with Crippen molar-refractivity contribution in [2.45, 2.75) is 25.3 Å². The molecule has 0 atom stereocenters. The minimum Gasteiger partial charge on any atom is -0.497 e. The van der Waals surface area contributed by atoms with Crippen molar-refractivity contribution in [3.63, 3.8) is 0 Å². The molecule has 5 aromatic rings. The van der Waals surface area contributed by atoms with Crippen LogP contribution < -0.4 is 15.0 Å². The predicted octanol–water partition coefficient (Wildman–Crippen LogP) is 5.21. The highest BCUT2D eigenvalue weighted by Gasteiger charge is 2.29. The van der Waals surface area contributed by atoms with Gasteiger partial charge in [0.05, 0.1) is 37.0 Å². The normalized spacial score (nSPS) is 13.6. The molecule has 1 aliphatic carbocycles. The molecule has 1 fully saturated rings. The topological polar surface area (TPSA) is 79.4 Å². The number of rotatable bonds is 6. The summed E-state index contributed by atoms with van der Waals surface area (Å²) in [6.07, 6.45) is 5.24. The number of nitrogens with zero attached hydrogens (tertiary/aromatic N) is 3. The van der Waals surface area contributed by atoms with Crippen LogP contribution in [-0.4, -0.2) is 28.8 Å². The van der Waals surface area contributed by atoms with Gasteiger partial charge in [0, 0.05) is 10.9 Å². The summed E-state index contributed by atoms with van der Waals surface area (Å²) >= 11 is 1.48. The van der Waals surface area contributed by atoms with Crippen molar-refractivity contribution >= 4 is 31.6 Å². The summed E-state index contributed by atoms with van der Waals surface area (Å²) < 4.78 is 19.1. The Kier molecular flexibility index (Phi) is 4.69. The Bertz CT molecular complexity index is 1550. The lowest BCUT2D eigenvalue weighted by atomic mass is 10.0. The number of methoxy groups -OCH3 is 2. The monoisotopic (exact) mass is 459 g/mol. The second-order valence-electron chi connectivity index (χ2n) is 8.14. The summed E-state index contributed by atoms with van der Waals surface area (Å²) in [5, 5.41) is 1.44. The Morgan fingerprint density at radius 3 is 2.79 bits per heavy atom. The number of hydrogen-bond donors (Lipinski definition) is 0. The Balaban J connectivity index is 1.67.